The van der Waals surface area contributed by atoms with Crippen molar-refractivity contribution in [3.63, 3.8) is 0 Å². The highest BCUT2D eigenvalue weighted by atomic mass is 79.9. The molecule has 2 heterocycles. The van der Waals surface area contributed by atoms with E-state index in [0.717, 1.165) is 21.5 Å². The van der Waals surface area contributed by atoms with Crippen LogP contribution in [0.25, 0.3) is 11.5 Å². The molecule has 1 aliphatic heterocycles. The van der Waals surface area contributed by atoms with Gasteiger partial charge in [-0.25, -0.2) is 9.78 Å². The number of benzene rings is 1. The summed E-state index contributed by atoms with van der Waals surface area (Å²) in [6, 6.07) is 7.80. The summed E-state index contributed by atoms with van der Waals surface area (Å²) in [7, 11) is 0. The summed E-state index contributed by atoms with van der Waals surface area (Å²) in [6.45, 7) is 6.59. The van der Waals surface area contributed by atoms with E-state index in [4.69, 9.17) is 9.15 Å². The van der Waals surface area contributed by atoms with Gasteiger partial charge in [-0.1, -0.05) is 15.9 Å². The van der Waals surface area contributed by atoms with E-state index in [9.17, 15) is 4.79 Å². The second kappa shape index (κ2) is 6.00. The fourth-order valence-corrected chi connectivity index (χ4v) is 2.66. The van der Waals surface area contributed by atoms with E-state index < -0.39 is 5.60 Å². The first kappa shape index (κ1) is 16.1. The van der Waals surface area contributed by atoms with Gasteiger partial charge in [-0.3, -0.25) is 0 Å². The molecule has 1 amide bonds. The van der Waals surface area contributed by atoms with Gasteiger partial charge in [-0.05, 0) is 45.0 Å². The summed E-state index contributed by atoms with van der Waals surface area (Å²) >= 11 is 3.41. The largest absolute Gasteiger partial charge is 0.444 e. The van der Waals surface area contributed by atoms with Crippen LogP contribution < -0.4 is 0 Å². The SMILES string of the molecule is CC(C)(C)OC(=O)N1CCc2oc(-c3ccc(Br)cc3)nc2C1. The second-order valence-corrected chi connectivity index (χ2v) is 7.46. The molecule has 0 saturated heterocycles. The van der Waals surface area contributed by atoms with Crippen molar-refractivity contribution in [2.45, 2.75) is 39.3 Å². The van der Waals surface area contributed by atoms with E-state index in [0.29, 0.717) is 25.4 Å². The molecule has 1 aliphatic rings. The molecule has 1 aromatic heterocycles. The Morgan fingerprint density at radius 3 is 2.65 bits per heavy atom. The number of amides is 1. The van der Waals surface area contributed by atoms with E-state index in [1.807, 2.05) is 45.0 Å². The van der Waals surface area contributed by atoms with E-state index in [-0.39, 0.29) is 6.09 Å². The minimum absolute atomic E-state index is 0.309. The maximum Gasteiger partial charge on any atom is 0.410 e. The first-order valence-corrected chi connectivity index (χ1v) is 8.33. The number of carbonyl (C=O) groups is 1. The molecule has 0 unspecified atom stereocenters. The minimum atomic E-state index is -0.496. The summed E-state index contributed by atoms with van der Waals surface area (Å²) in [5.74, 6) is 1.44. The number of fused-ring (bicyclic) bond motifs is 1. The van der Waals surface area contributed by atoms with Crippen molar-refractivity contribution in [1.82, 2.24) is 9.88 Å². The van der Waals surface area contributed by atoms with E-state index in [1.54, 1.807) is 4.90 Å². The summed E-state index contributed by atoms with van der Waals surface area (Å²) in [5.41, 5.74) is 1.23. The molecule has 0 saturated carbocycles. The van der Waals surface area contributed by atoms with Crippen LogP contribution in [0.15, 0.2) is 33.2 Å². The average molecular weight is 379 g/mol. The van der Waals surface area contributed by atoms with Crippen LogP contribution in [0.1, 0.15) is 32.2 Å². The van der Waals surface area contributed by atoms with Crippen LogP contribution in [0.4, 0.5) is 4.79 Å². The van der Waals surface area contributed by atoms with Crippen molar-refractivity contribution in [3.8, 4) is 11.5 Å². The van der Waals surface area contributed by atoms with E-state index >= 15 is 0 Å². The van der Waals surface area contributed by atoms with E-state index in [1.165, 1.54) is 0 Å². The lowest BCUT2D eigenvalue weighted by molar-refractivity contribution is 0.0217. The number of nitrogens with zero attached hydrogens (tertiary/aromatic N) is 2. The Labute approximate surface area is 143 Å². The molecule has 122 valence electrons. The molecule has 3 rings (SSSR count). The van der Waals surface area contributed by atoms with Crippen LogP contribution >= 0.6 is 15.9 Å². The van der Waals surface area contributed by atoms with Gasteiger partial charge in [0.25, 0.3) is 0 Å². The number of rotatable bonds is 1. The van der Waals surface area contributed by atoms with E-state index in [2.05, 4.69) is 20.9 Å². The number of carbonyl (C=O) groups excluding carboxylic acids is 1. The summed E-state index contributed by atoms with van der Waals surface area (Å²) in [6.07, 6.45) is 0.342. The maximum absolute atomic E-state index is 12.2. The van der Waals surface area contributed by atoms with Gasteiger partial charge in [0.2, 0.25) is 5.89 Å². The van der Waals surface area contributed by atoms with Crippen LogP contribution in [0, 0.1) is 0 Å². The molecule has 0 atom stereocenters. The fraction of sp³-hybridized carbons (Fsp3) is 0.412. The van der Waals surface area contributed by atoms with Crippen LogP contribution in [-0.2, 0) is 17.7 Å². The number of oxazole rings is 1. The van der Waals surface area contributed by atoms with Crippen LogP contribution in [-0.4, -0.2) is 28.1 Å². The molecule has 0 fully saturated rings. The maximum atomic E-state index is 12.2. The molecule has 5 nitrogen and oxygen atoms in total. The van der Waals surface area contributed by atoms with Gasteiger partial charge in [0.1, 0.15) is 17.1 Å². The van der Waals surface area contributed by atoms with Gasteiger partial charge in [0.05, 0.1) is 6.54 Å². The predicted octanol–water partition coefficient (Wildman–Crippen LogP) is 4.40. The lowest BCUT2D eigenvalue weighted by Gasteiger charge is -2.28. The third-order valence-corrected chi connectivity index (χ3v) is 4.00. The zero-order chi connectivity index (χ0) is 16.6. The van der Waals surface area contributed by atoms with Crippen molar-refractivity contribution in [2.75, 3.05) is 6.54 Å². The minimum Gasteiger partial charge on any atom is -0.444 e. The molecular formula is C17H19BrN2O3. The highest BCUT2D eigenvalue weighted by molar-refractivity contribution is 9.10. The quantitative estimate of drug-likeness (QED) is 0.737. The molecule has 0 radical (unpaired) electrons. The number of aromatic nitrogens is 1. The third-order valence-electron chi connectivity index (χ3n) is 3.47. The Bertz CT molecular complexity index is 716. The Morgan fingerprint density at radius 2 is 2.00 bits per heavy atom. The molecule has 2 aromatic rings. The normalized spacial score (nSPS) is 14.5. The third kappa shape index (κ3) is 3.75. The first-order valence-electron chi connectivity index (χ1n) is 7.54. The van der Waals surface area contributed by atoms with Gasteiger partial charge in [0, 0.05) is 23.0 Å². The highest BCUT2D eigenvalue weighted by Crippen LogP contribution is 2.27. The van der Waals surface area contributed by atoms with Crippen LogP contribution in [0.5, 0.6) is 0 Å². The molecule has 1 aromatic carbocycles. The molecule has 0 spiro atoms. The number of halogens is 1. The van der Waals surface area contributed by atoms with Gasteiger partial charge < -0.3 is 14.1 Å². The van der Waals surface area contributed by atoms with Gasteiger partial charge in [-0.2, -0.15) is 0 Å². The van der Waals surface area contributed by atoms with Gasteiger partial charge in [0.15, 0.2) is 0 Å². The average Bonchev–Trinajstić information content (AvgIpc) is 2.89. The Balaban J connectivity index is 1.77. The molecule has 0 aliphatic carbocycles. The van der Waals surface area contributed by atoms with Crippen LogP contribution in [0.3, 0.4) is 0 Å². The molecule has 0 N–H and O–H groups in total. The lowest BCUT2D eigenvalue weighted by Crippen LogP contribution is -2.39. The molecular weight excluding hydrogens is 360 g/mol. The topological polar surface area (TPSA) is 55.6 Å². The van der Waals surface area contributed by atoms with Crippen molar-refractivity contribution in [2.24, 2.45) is 0 Å². The fourth-order valence-electron chi connectivity index (χ4n) is 2.40. The highest BCUT2D eigenvalue weighted by Gasteiger charge is 2.28. The number of hydrogen-bond donors (Lipinski definition) is 0. The Kier molecular flexibility index (Phi) is 4.19. The number of hydrogen-bond acceptors (Lipinski definition) is 4. The zero-order valence-electron chi connectivity index (χ0n) is 13.4. The summed E-state index contributed by atoms with van der Waals surface area (Å²) < 4.78 is 12.3. The molecule has 6 heteroatoms. The smallest absolute Gasteiger partial charge is 0.410 e. The molecule has 23 heavy (non-hydrogen) atoms. The van der Waals surface area contributed by atoms with Crippen molar-refractivity contribution >= 4 is 22.0 Å². The number of ether oxygens (including phenoxy) is 1. The monoisotopic (exact) mass is 378 g/mol. The van der Waals surface area contributed by atoms with Crippen LogP contribution in [0.2, 0.25) is 0 Å². The Morgan fingerprint density at radius 1 is 1.30 bits per heavy atom. The lowest BCUT2D eigenvalue weighted by atomic mass is 10.1. The summed E-state index contributed by atoms with van der Waals surface area (Å²) in [5, 5.41) is 0. The standard InChI is InChI=1S/C17H19BrN2O3/c1-17(2,3)23-16(21)20-9-8-14-13(10-20)19-15(22-14)11-4-6-12(18)7-5-11/h4-7H,8-10H2,1-3H3. The summed E-state index contributed by atoms with van der Waals surface area (Å²) in [4.78, 5) is 18.4. The van der Waals surface area contributed by atoms with Gasteiger partial charge >= 0.3 is 6.09 Å². The van der Waals surface area contributed by atoms with Crippen molar-refractivity contribution in [3.05, 3.63) is 40.2 Å². The zero-order valence-corrected chi connectivity index (χ0v) is 15.0. The first-order chi connectivity index (χ1) is 10.8. The van der Waals surface area contributed by atoms with Gasteiger partial charge in [-0.15, -0.1) is 0 Å². The molecule has 0 bridgehead atoms. The predicted molar refractivity (Wildman–Crippen MR) is 90.0 cm³/mol. The van der Waals surface area contributed by atoms with Crippen molar-refractivity contribution < 1.29 is 13.9 Å². The van der Waals surface area contributed by atoms with Crippen molar-refractivity contribution in [1.29, 1.82) is 0 Å². The Hall–Kier alpha value is -1.82. The second-order valence-electron chi connectivity index (χ2n) is 6.55.